The van der Waals surface area contributed by atoms with E-state index >= 15 is 4.48 Å². The van der Waals surface area contributed by atoms with Crippen LogP contribution >= 0.6 is 0 Å². The van der Waals surface area contributed by atoms with Crippen molar-refractivity contribution in [2.24, 2.45) is 5.73 Å². The predicted molar refractivity (Wildman–Crippen MR) is 140 cm³/mol. The molecule has 2 unspecified atom stereocenters. The number of carboxylic acids is 1. The minimum Gasteiger partial charge on any atom is -0.478 e. The second-order valence-corrected chi connectivity index (χ2v) is 8.61. The van der Waals surface area contributed by atoms with Crippen molar-refractivity contribution in [3.8, 4) is 0 Å². The number of aromatic amines is 1. The molecule has 0 bridgehead atoms. The number of carbonyl (C=O) groups is 2. The summed E-state index contributed by atoms with van der Waals surface area (Å²) < 4.78 is 21.5. The Bertz CT molecular complexity index is 1570. The van der Waals surface area contributed by atoms with Crippen molar-refractivity contribution in [1.82, 2.24) is 9.97 Å². The van der Waals surface area contributed by atoms with Crippen molar-refractivity contribution in [1.29, 1.82) is 0 Å². The molecule has 0 amide bonds. The van der Waals surface area contributed by atoms with Crippen LogP contribution in [0.15, 0.2) is 95.9 Å². The van der Waals surface area contributed by atoms with E-state index in [1.807, 2.05) is 18.2 Å². The Hall–Kier alpha value is -4.96. The summed E-state index contributed by atoms with van der Waals surface area (Å²) in [7, 11) is 0. The van der Waals surface area contributed by atoms with Crippen LogP contribution in [0.2, 0.25) is 0 Å². The minimum absolute atomic E-state index is 0.00296. The summed E-state index contributed by atoms with van der Waals surface area (Å²) in [5.74, 6) is -1.65. The monoisotopic (exact) mass is 513 g/mol. The average Bonchev–Trinajstić information content (AvgIpc) is 3.64. The van der Waals surface area contributed by atoms with E-state index in [2.05, 4.69) is 15.3 Å². The molecule has 2 aromatic heterocycles. The lowest BCUT2D eigenvalue weighted by Gasteiger charge is -2.29. The molecule has 2 heterocycles. The lowest BCUT2D eigenvalue weighted by atomic mass is 9.94. The highest BCUT2D eigenvalue weighted by molar-refractivity contribution is 5.96. The number of H-pyrrole nitrogens is 1. The van der Waals surface area contributed by atoms with Crippen LogP contribution in [0, 0.1) is 0 Å². The van der Waals surface area contributed by atoms with E-state index in [9.17, 15) is 14.7 Å². The van der Waals surface area contributed by atoms with Gasteiger partial charge in [0.05, 0.1) is 11.3 Å². The van der Waals surface area contributed by atoms with E-state index in [0.29, 0.717) is 33.2 Å². The molecule has 10 heteroatoms. The average molecular weight is 514 g/mol. The molecule has 0 radical (unpaired) electrons. The number of oxazole rings is 1. The van der Waals surface area contributed by atoms with Crippen LogP contribution in [0.25, 0.3) is 11.1 Å². The SMILES string of the molecule is NCc1ccccc1NC(C(=O)C(c1ccc[nH]1)N(F)c1ccc(C(=O)O)cc1)c1ccc2ncoc2c1. The predicted octanol–water partition coefficient (Wildman–Crippen LogP) is 5.17. The van der Waals surface area contributed by atoms with Gasteiger partial charge in [0.1, 0.15) is 11.6 Å². The van der Waals surface area contributed by atoms with Crippen LogP contribution in [0.4, 0.5) is 15.9 Å². The lowest BCUT2D eigenvalue weighted by Crippen LogP contribution is -2.35. The van der Waals surface area contributed by atoms with Gasteiger partial charge in [0.15, 0.2) is 23.8 Å². The first-order valence-corrected chi connectivity index (χ1v) is 11.8. The second-order valence-electron chi connectivity index (χ2n) is 8.61. The number of anilines is 2. The minimum atomic E-state index is -1.39. The fourth-order valence-corrected chi connectivity index (χ4v) is 4.32. The summed E-state index contributed by atoms with van der Waals surface area (Å²) in [5, 5.41) is 12.8. The lowest BCUT2D eigenvalue weighted by molar-refractivity contribution is -0.122. The summed E-state index contributed by atoms with van der Waals surface area (Å²) in [5.41, 5.74) is 9.33. The van der Waals surface area contributed by atoms with E-state index in [1.54, 1.807) is 42.6 Å². The Morgan fingerprint density at radius 1 is 1.08 bits per heavy atom. The number of nitrogens with one attached hydrogen (secondary N) is 2. The van der Waals surface area contributed by atoms with Crippen molar-refractivity contribution >= 4 is 34.2 Å². The van der Waals surface area contributed by atoms with Crippen molar-refractivity contribution in [3.63, 3.8) is 0 Å². The highest BCUT2D eigenvalue weighted by Crippen LogP contribution is 2.35. The fourth-order valence-electron chi connectivity index (χ4n) is 4.32. The Morgan fingerprint density at radius 2 is 1.87 bits per heavy atom. The van der Waals surface area contributed by atoms with E-state index in [4.69, 9.17) is 10.2 Å². The zero-order valence-corrected chi connectivity index (χ0v) is 20.0. The molecule has 0 aliphatic heterocycles. The van der Waals surface area contributed by atoms with Gasteiger partial charge >= 0.3 is 5.97 Å². The maximum Gasteiger partial charge on any atom is 0.335 e. The third kappa shape index (κ3) is 4.84. The number of nitrogens with zero attached hydrogens (tertiary/aromatic N) is 2. The first kappa shape index (κ1) is 24.7. The van der Waals surface area contributed by atoms with Crippen LogP contribution in [0.5, 0.6) is 0 Å². The maximum atomic E-state index is 16.1. The van der Waals surface area contributed by atoms with Crippen LogP contribution in [0.1, 0.15) is 39.3 Å². The number of halogens is 1. The van der Waals surface area contributed by atoms with E-state index in [0.717, 1.165) is 5.56 Å². The first-order chi connectivity index (χ1) is 18.5. The van der Waals surface area contributed by atoms with Crippen LogP contribution in [-0.2, 0) is 11.3 Å². The molecule has 0 spiro atoms. The standard InChI is InChI=1S/C28H24FN5O4/c29-34(20-10-7-17(8-11-20)28(36)37)26(23-6-3-13-31-23)27(35)25(33-21-5-2-1-4-19(21)15-30)18-9-12-22-24(14-18)38-16-32-22/h1-14,16,25-26,31,33H,15,30H2,(H,36,37). The molecule has 9 nitrogen and oxygen atoms in total. The van der Waals surface area contributed by atoms with Gasteiger partial charge < -0.3 is 25.6 Å². The van der Waals surface area contributed by atoms with E-state index < -0.39 is 23.8 Å². The molecular weight excluding hydrogens is 489 g/mol. The highest BCUT2D eigenvalue weighted by atomic mass is 19.2. The molecule has 3 aromatic carbocycles. The highest BCUT2D eigenvalue weighted by Gasteiger charge is 2.36. The summed E-state index contributed by atoms with van der Waals surface area (Å²) in [6, 6.07) is 18.6. The first-order valence-electron chi connectivity index (χ1n) is 11.8. The van der Waals surface area contributed by atoms with E-state index in [-0.39, 0.29) is 17.8 Å². The Morgan fingerprint density at radius 3 is 2.58 bits per heavy atom. The molecule has 38 heavy (non-hydrogen) atoms. The van der Waals surface area contributed by atoms with Gasteiger partial charge in [-0.3, -0.25) is 4.79 Å². The summed E-state index contributed by atoms with van der Waals surface area (Å²) in [4.78, 5) is 32.6. The van der Waals surface area contributed by atoms with Crippen molar-refractivity contribution in [3.05, 3.63) is 114 Å². The topological polar surface area (TPSA) is 137 Å². The van der Waals surface area contributed by atoms with Gasteiger partial charge in [0, 0.05) is 24.1 Å². The van der Waals surface area contributed by atoms with Gasteiger partial charge in [0.2, 0.25) is 0 Å². The van der Waals surface area contributed by atoms with Gasteiger partial charge in [0.25, 0.3) is 0 Å². The van der Waals surface area contributed by atoms with Gasteiger partial charge in [-0.2, -0.15) is 5.12 Å². The van der Waals surface area contributed by atoms with Gasteiger partial charge in [-0.05, 0) is 65.7 Å². The number of benzene rings is 3. The smallest absolute Gasteiger partial charge is 0.335 e. The Labute approximate surface area is 216 Å². The normalized spacial score (nSPS) is 12.7. The van der Waals surface area contributed by atoms with Crippen molar-refractivity contribution in [2.45, 2.75) is 18.6 Å². The second kappa shape index (κ2) is 10.6. The quantitative estimate of drug-likeness (QED) is 0.188. The molecular formula is C28H24FN5O4. The molecule has 5 rings (SSSR count). The fraction of sp³-hybridized carbons (Fsp3) is 0.107. The van der Waals surface area contributed by atoms with E-state index in [1.165, 1.54) is 30.7 Å². The number of rotatable bonds is 10. The molecule has 0 saturated heterocycles. The zero-order valence-electron chi connectivity index (χ0n) is 20.0. The number of Topliss-reactive ketones (excluding diaryl/α,β-unsaturated/α-hetero) is 1. The number of aromatic carboxylic acids is 1. The number of hydrogen-bond acceptors (Lipinski definition) is 7. The number of hydrogen-bond donors (Lipinski definition) is 4. The molecule has 2 atom stereocenters. The third-order valence-corrected chi connectivity index (χ3v) is 6.28. The molecule has 0 saturated carbocycles. The van der Waals surface area contributed by atoms with Gasteiger partial charge in [-0.15, -0.1) is 0 Å². The van der Waals surface area contributed by atoms with Crippen LogP contribution < -0.4 is 16.2 Å². The number of fused-ring (bicyclic) bond motifs is 1. The molecule has 0 aliphatic rings. The van der Waals surface area contributed by atoms with Crippen molar-refractivity contribution in [2.75, 3.05) is 10.4 Å². The number of carbonyl (C=O) groups excluding carboxylic acids is 1. The van der Waals surface area contributed by atoms with Gasteiger partial charge in [-0.25, -0.2) is 9.78 Å². The summed E-state index contributed by atoms with van der Waals surface area (Å²) >= 11 is 0. The number of ketones is 1. The molecule has 192 valence electrons. The number of para-hydroxylation sites is 1. The summed E-state index contributed by atoms with van der Waals surface area (Å²) in [6.07, 6.45) is 2.91. The molecule has 5 aromatic rings. The largest absolute Gasteiger partial charge is 0.478 e. The Kier molecular flexibility index (Phi) is 6.88. The van der Waals surface area contributed by atoms with Gasteiger partial charge in [-0.1, -0.05) is 28.7 Å². The molecule has 5 N–H and O–H groups in total. The molecule has 0 fully saturated rings. The number of carboxylic acid groups (broad SMARTS) is 1. The summed E-state index contributed by atoms with van der Waals surface area (Å²) in [6.45, 7) is 0.233. The third-order valence-electron chi connectivity index (χ3n) is 6.28. The Balaban J connectivity index is 1.59. The number of aromatic nitrogens is 2. The van der Waals surface area contributed by atoms with Crippen LogP contribution in [-0.4, -0.2) is 26.8 Å². The zero-order chi connectivity index (χ0) is 26.6. The number of nitrogens with two attached hydrogens (primary N) is 1. The van der Waals surface area contributed by atoms with Crippen molar-refractivity contribution < 1.29 is 23.6 Å². The molecule has 0 aliphatic carbocycles. The maximum absolute atomic E-state index is 16.1. The van der Waals surface area contributed by atoms with Crippen LogP contribution in [0.3, 0.4) is 0 Å².